The van der Waals surface area contributed by atoms with Crippen molar-refractivity contribution in [2.75, 3.05) is 44.8 Å². The molecular formula is C19H28N4O3. The maximum absolute atomic E-state index is 12.3. The fourth-order valence-electron chi connectivity index (χ4n) is 3.56. The van der Waals surface area contributed by atoms with Crippen LogP contribution in [0, 0.1) is 5.92 Å². The number of carbonyl (C=O) groups excluding carboxylic acids is 1. The van der Waals surface area contributed by atoms with Gasteiger partial charge in [0.1, 0.15) is 11.6 Å². The van der Waals surface area contributed by atoms with Gasteiger partial charge in [0.15, 0.2) is 6.61 Å². The van der Waals surface area contributed by atoms with Crippen LogP contribution in [0.5, 0.6) is 5.75 Å². The van der Waals surface area contributed by atoms with Crippen molar-refractivity contribution in [1.82, 2.24) is 4.90 Å². The van der Waals surface area contributed by atoms with Gasteiger partial charge in [0.2, 0.25) is 0 Å². The van der Waals surface area contributed by atoms with Crippen LogP contribution in [0.15, 0.2) is 29.4 Å². The molecule has 2 aliphatic rings. The summed E-state index contributed by atoms with van der Waals surface area (Å²) in [7, 11) is 1.66. The van der Waals surface area contributed by atoms with Gasteiger partial charge in [-0.05, 0) is 37.1 Å². The molecule has 1 aliphatic heterocycles. The predicted octanol–water partition coefficient (Wildman–Crippen LogP) is 1.82. The van der Waals surface area contributed by atoms with E-state index in [-0.39, 0.29) is 12.5 Å². The van der Waals surface area contributed by atoms with Crippen molar-refractivity contribution in [3.63, 3.8) is 0 Å². The van der Waals surface area contributed by atoms with Crippen molar-refractivity contribution in [2.24, 2.45) is 16.8 Å². The van der Waals surface area contributed by atoms with Gasteiger partial charge in [-0.3, -0.25) is 4.79 Å². The minimum atomic E-state index is -0.0457. The SMILES string of the molecule is COc1ccc(N2CCN(C(=O)CO/N=C(\N)C3CCCC3)CC2)cc1. The number of hydrogen-bond acceptors (Lipinski definition) is 5. The molecule has 1 aromatic rings. The normalized spacial score (nSPS) is 18.9. The monoisotopic (exact) mass is 360 g/mol. The molecule has 1 aromatic carbocycles. The lowest BCUT2D eigenvalue weighted by molar-refractivity contribution is -0.136. The van der Waals surface area contributed by atoms with E-state index in [1.165, 1.54) is 12.8 Å². The summed E-state index contributed by atoms with van der Waals surface area (Å²) in [5.41, 5.74) is 7.07. The average molecular weight is 360 g/mol. The number of benzene rings is 1. The first-order valence-electron chi connectivity index (χ1n) is 9.29. The number of nitrogens with two attached hydrogens (primary N) is 1. The lowest BCUT2D eigenvalue weighted by Crippen LogP contribution is -2.49. The number of oxime groups is 1. The van der Waals surface area contributed by atoms with Crippen LogP contribution in [-0.2, 0) is 9.63 Å². The zero-order chi connectivity index (χ0) is 18.4. The van der Waals surface area contributed by atoms with E-state index in [1.54, 1.807) is 7.11 Å². The second-order valence-corrected chi connectivity index (χ2v) is 6.84. The molecule has 7 nitrogen and oxygen atoms in total. The lowest BCUT2D eigenvalue weighted by atomic mass is 10.1. The number of methoxy groups -OCH3 is 1. The van der Waals surface area contributed by atoms with Crippen LogP contribution in [0.2, 0.25) is 0 Å². The molecular weight excluding hydrogens is 332 g/mol. The smallest absolute Gasteiger partial charge is 0.263 e. The number of hydrogen-bond donors (Lipinski definition) is 1. The number of anilines is 1. The molecule has 26 heavy (non-hydrogen) atoms. The number of rotatable bonds is 6. The first-order valence-corrected chi connectivity index (χ1v) is 9.29. The molecule has 2 N–H and O–H groups in total. The number of carbonyl (C=O) groups is 1. The standard InChI is InChI=1S/C19H28N4O3/c1-25-17-8-6-16(7-9-17)22-10-12-23(13-11-22)18(24)14-26-21-19(20)15-4-2-3-5-15/h6-9,15H,2-5,10-14H2,1H3,(H2,20,21). The quantitative estimate of drug-likeness (QED) is 0.475. The zero-order valence-corrected chi connectivity index (χ0v) is 15.4. The van der Waals surface area contributed by atoms with Gasteiger partial charge in [-0.1, -0.05) is 18.0 Å². The maximum Gasteiger partial charge on any atom is 0.263 e. The third-order valence-electron chi connectivity index (χ3n) is 5.20. The Kier molecular flexibility index (Phi) is 6.20. The molecule has 1 amide bonds. The van der Waals surface area contributed by atoms with Crippen molar-refractivity contribution in [3.05, 3.63) is 24.3 Å². The number of piperazine rings is 1. The van der Waals surface area contributed by atoms with Crippen LogP contribution in [0.3, 0.4) is 0 Å². The van der Waals surface area contributed by atoms with Gasteiger partial charge in [-0.2, -0.15) is 0 Å². The van der Waals surface area contributed by atoms with E-state index in [1.807, 2.05) is 29.2 Å². The molecule has 7 heteroatoms. The highest BCUT2D eigenvalue weighted by Gasteiger charge is 2.22. The van der Waals surface area contributed by atoms with E-state index >= 15 is 0 Å². The minimum absolute atomic E-state index is 0.0395. The van der Waals surface area contributed by atoms with Gasteiger partial charge >= 0.3 is 0 Å². The fourth-order valence-corrected chi connectivity index (χ4v) is 3.56. The van der Waals surface area contributed by atoms with Gasteiger partial charge in [0, 0.05) is 37.8 Å². The summed E-state index contributed by atoms with van der Waals surface area (Å²) in [4.78, 5) is 21.6. The van der Waals surface area contributed by atoms with Crippen molar-refractivity contribution in [3.8, 4) is 5.75 Å². The van der Waals surface area contributed by atoms with E-state index in [9.17, 15) is 4.79 Å². The Morgan fingerprint density at radius 2 is 1.81 bits per heavy atom. The molecule has 0 bridgehead atoms. The van der Waals surface area contributed by atoms with Gasteiger partial charge in [-0.25, -0.2) is 0 Å². The molecule has 0 spiro atoms. The van der Waals surface area contributed by atoms with E-state index < -0.39 is 0 Å². The molecule has 0 radical (unpaired) electrons. The molecule has 0 aromatic heterocycles. The highest BCUT2D eigenvalue weighted by molar-refractivity contribution is 5.83. The largest absolute Gasteiger partial charge is 0.497 e. The summed E-state index contributed by atoms with van der Waals surface area (Å²) in [6.45, 7) is 2.90. The Morgan fingerprint density at radius 1 is 1.15 bits per heavy atom. The predicted molar refractivity (Wildman–Crippen MR) is 101 cm³/mol. The van der Waals surface area contributed by atoms with E-state index in [0.29, 0.717) is 24.8 Å². The summed E-state index contributed by atoms with van der Waals surface area (Å²) in [6, 6.07) is 7.99. The molecule has 1 saturated heterocycles. The van der Waals surface area contributed by atoms with Crippen molar-refractivity contribution in [1.29, 1.82) is 0 Å². The number of nitrogens with zero attached hydrogens (tertiary/aromatic N) is 3. The van der Waals surface area contributed by atoms with Crippen LogP contribution in [-0.4, -0.2) is 56.5 Å². The van der Waals surface area contributed by atoms with E-state index in [4.69, 9.17) is 15.3 Å². The topological polar surface area (TPSA) is 80.4 Å². The van der Waals surface area contributed by atoms with E-state index in [2.05, 4.69) is 10.1 Å². The van der Waals surface area contributed by atoms with Crippen LogP contribution in [0.25, 0.3) is 0 Å². The Morgan fingerprint density at radius 3 is 2.42 bits per heavy atom. The highest BCUT2D eigenvalue weighted by atomic mass is 16.6. The third kappa shape index (κ3) is 4.59. The number of amides is 1. The molecule has 3 rings (SSSR count). The zero-order valence-electron chi connectivity index (χ0n) is 15.4. The molecule has 0 atom stereocenters. The van der Waals surface area contributed by atoms with Gasteiger partial charge in [0.25, 0.3) is 5.91 Å². The molecule has 2 fully saturated rings. The Balaban J connectivity index is 1.42. The van der Waals surface area contributed by atoms with Crippen LogP contribution in [0.4, 0.5) is 5.69 Å². The van der Waals surface area contributed by atoms with E-state index in [0.717, 1.165) is 37.4 Å². The summed E-state index contributed by atoms with van der Waals surface area (Å²) in [5.74, 6) is 1.65. The Bertz CT molecular complexity index is 618. The highest BCUT2D eigenvalue weighted by Crippen LogP contribution is 2.24. The van der Waals surface area contributed by atoms with Gasteiger partial charge in [-0.15, -0.1) is 0 Å². The molecule has 142 valence electrons. The average Bonchev–Trinajstić information content (AvgIpc) is 3.23. The molecule has 1 aliphatic carbocycles. The van der Waals surface area contributed by atoms with Crippen LogP contribution >= 0.6 is 0 Å². The minimum Gasteiger partial charge on any atom is -0.497 e. The molecule has 0 unspecified atom stereocenters. The Labute approximate surface area is 154 Å². The van der Waals surface area contributed by atoms with Gasteiger partial charge in [0.05, 0.1) is 7.11 Å². The molecule has 1 saturated carbocycles. The third-order valence-corrected chi connectivity index (χ3v) is 5.20. The second kappa shape index (κ2) is 8.78. The molecule has 1 heterocycles. The summed E-state index contributed by atoms with van der Waals surface area (Å²) in [5, 5.41) is 3.94. The second-order valence-electron chi connectivity index (χ2n) is 6.84. The number of amidine groups is 1. The van der Waals surface area contributed by atoms with Crippen LogP contribution < -0.4 is 15.4 Å². The van der Waals surface area contributed by atoms with Crippen molar-refractivity contribution < 1.29 is 14.4 Å². The van der Waals surface area contributed by atoms with Crippen molar-refractivity contribution >= 4 is 17.4 Å². The lowest BCUT2D eigenvalue weighted by Gasteiger charge is -2.36. The summed E-state index contributed by atoms with van der Waals surface area (Å²) in [6.07, 6.45) is 4.52. The van der Waals surface area contributed by atoms with Crippen molar-refractivity contribution in [2.45, 2.75) is 25.7 Å². The first-order chi connectivity index (χ1) is 12.7. The maximum atomic E-state index is 12.3. The van der Waals surface area contributed by atoms with Crippen LogP contribution in [0.1, 0.15) is 25.7 Å². The van der Waals surface area contributed by atoms with Gasteiger partial charge < -0.3 is 25.1 Å². The Hall–Kier alpha value is -2.44. The summed E-state index contributed by atoms with van der Waals surface area (Å²) < 4.78 is 5.19. The fraction of sp³-hybridized carbons (Fsp3) is 0.579. The number of ether oxygens (including phenoxy) is 1. The first kappa shape index (κ1) is 18.4. The summed E-state index contributed by atoms with van der Waals surface area (Å²) >= 11 is 0.